The Hall–Kier alpha value is -0.410. The molecule has 0 amide bonds. The highest BCUT2D eigenvalue weighted by atomic mass is 16.5. The van der Waals surface area contributed by atoms with Crippen molar-refractivity contribution in [3.63, 3.8) is 0 Å². The molecule has 0 aromatic carbocycles. The molecular formula is C11H20O3. The number of rotatable bonds is 6. The van der Waals surface area contributed by atoms with Crippen molar-refractivity contribution in [1.29, 1.82) is 0 Å². The zero-order chi connectivity index (χ0) is 10.3. The molecule has 14 heavy (non-hydrogen) atoms. The number of carbonyl (C=O) groups is 1. The van der Waals surface area contributed by atoms with Crippen LogP contribution in [0.4, 0.5) is 0 Å². The Bertz CT molecular complexity index is 156. The summed E-state index contributed by atoms with van der Waals surface area (Å²) in [5, 5.41) is 0. The number of hydrogen-bond acceptors (Lipinski definition) is 3. The summed E-state index contributed by atoms with van der Waals surface area (Å²) in [6.07, 6.45) is 6.90. The lowest BCUT2D eigenvalue weighted by atomic mass is 9.89. The van der Waals surface area contributed by atoms with Crippen molar-refractivity contribution in [3.8, 4) is 0 Å². The number of methoxy groups -OCH3 is 1. The van der Waals surface area contributed by atoms with Gasteiger partial charge in [-0.05, 0) is 32.1 Å². The summed E-state index contributed by atoms with van der Waals surface area (Å²) in [4.78, 5) is 10.2. The average Bonchev–Trinajstić information content (AvgIpc) is 2.20. The first kappa shape index (κ1) is 11.7. The fourth-order valence-corrected chi connectivity index (χ4v) is 2.06. The van der Waals surface area contributed by atoms with Gasteiger partial charge in [-0.3, -0.25) is 0 Å². The summed E-state index contributed by atoms with van der Waals surface area (Å²) in [6.45, 7) is 1.50. The first-order valence-corrected chi connectivity index (χ1v) is 5.39. The molecule has 1 fully saturated rings. The van der Waals surface area contributed by atoms with Crippen molar-refractivity contribution in [2.45, 2.75) is 44.1 Å². The Morgan fingerprint density at radius 2 is 2.36 bits per heavy atom. The zero-order valence-corrected chi connectivity index (χ0v) is 8.96. The van der Waals surface area contributed by atoms with Crippen LogP contribution in [0.15, 0.2) is 0 Å². The Labute approximate surface area is 85.8 Å². The molecule has 0 aromatic heterocycles. The maximum atomic E-state index is 10.2. The summed E-state index contributed by atoms with van der Waals surface area (Å²) < 4.78 is 11.0. The van der Waals surface area contributed by atoms with E-state index in [1.807, 2.05) is 0 Å². The molecule has 3 heteroatoms. The summed E-state index contributed by atoms with van der Waals surface area (Å²) >= 11 is 0. The fraction of sp³-hybridized carbons (Fsp3) is 0.909. The van der Waals surface area contributed by atoms with E-state index >= 15 is 0 Å². The van der Waals surface area contributed by atoms with Gasteiger partial charge in [-0.2, -0.15) is 0 Å². The molecule has 1 aliphatic heterocycles. The molecule has 0 aromatic rings. The minimum Gasteiger partial charge on any atom is -0.382 e. The first-order valence-electron chi connectivity index (χ1n) is 5.39. The van der Waals surface area contributed by atoms with Crippen LogP contribution in [0.1, 0.15) is 38.5 Å². The van der Waals surface area contributed by atoms with E-state index in [1.165, 1.54) is 6.42 Å². The van der Waals surface area contributed by atoms with Crippen molar-refractivity contribution in [2.75, 3.05) is 20.3 Å². The largest absolute Gasteiger partial charge is 0.382 e. The van der Waals surface area contributed by atoms with Gasteiger partial charge in [0.05, 0.1) is 12.2 Å². The van der Waals surface area contributed by atoms with Gasteiger partial charge < -0.3 is 14.3 Å². The summed E-state index contributed by atoms with van der Waals surface area (Å²) in [6, 6.07) is 0. The molecule has 1 saturated heterocycles. The van der Waals surface area contributed by atoms with Crippen molar-refractivity contribution in [3.05, 3.63) is 0 Å². The van der Waals surface area contributed by atoms with Crippen molar-refractivity contribution in [1.82, 2.24) is 0 Å². The van der Waals surface area contributed by atoms with E-state index in [4.69, 9.17) is 9.47 Å². The zero-order valence-electron chi connectivity index (χ0n) is 8.96. The second-order valence-corrected chi connectivity index (χ2v) is 3.98. The van der Waals surface area contributed by atoms with Crippen LogP contribution in [0.25, 0.3) is 0 Å². The molecule has 1 atom stereocenters. The van der Waals surface area contributed by atoms with Crippen LogP contribution >= 0.6 is 0 Å². The third-order valence-corrected chi connectivity index (χ3v) is 2.80. The lowest BCUT2D eigenvalue weighted by Gasteiger charge is -2.36. The molecule has 0 aliphatic carbocycles. The van der Waals surface area contributed by atoms with E-state index in [9.17, 15) is 4.79 Å². The second kappa shape index (κ2) is 6.14. The van der Waals surface area contributed by atoms with Crippen LogP contribution in [0.2, 0.25) is 0 Å². The second-order valence-electron chi connectivity index (χ2n) is 3.98. The predicted molar refractivity (Wildman–Crippen MR) is 54.3 cm³/mol. The lowest BCUT2D eigenvalue weighted by molar-refractivity contribution is -0.122. The Morgan fingerprint density at radius 1 is 1.50 bits per heavy atom. The quantitative estimate of drug-likeness (QED) is 0.485. The number of aldehydes is 1. The normalized spacial score (nSPS) is 27.5. The molecular weight excluding hydrogens is 180 g/mol. The predicted octanol–water partition coefficient (Wildman–Crippen LogP) is 1.94. The van der Waals surface area contributed by atoms with Gasteiger partial charge in [0.2, 0.25) is 0 Å². The molecule has 1 heterocycles. The summed E-state index contributed by atoms with van der Waals surface area (Å²) in [5.41, 5.74) is -0.101. The van der Waals surface area contributed by atoms with E-state index in [2.05, 4.69) is 0 Å². The summed E-state index contributed by atoms with van der Waals surface area (Å²) in [7, 11) is 1.71. The van der Waals surface area contributed by atoms with Gasteiger partial charge in [-0.15, -0.1) is 0 Å². The van der Waals surface area contributed by atoms with Gasteiger partial charge >= 0.3 is 0 Å². The fourth-order valence-electron chi connectivity index (χ4n) is 2.06. The SMILES string of the molecule is COCC1(CCCC=O)CCCCO1. The van der Waals surface area contributed by atoms with Crippen LogP contribution in [0.3, 0.4) is 0 Å². The highest BCUT2D eigenvalue weighted by Gasteiger charge is 2.32. The molecule has 0 spiro atoms. The van der Waals surface area contributed by atoms with Crippen molar-refractivity contribution < 1.29 is 14.3 Å². The topological polar surface area (TPSA) is 35.5 Å². The molecule has 82 valence electrons. The number of unbranched alkanes of at least 4 members (excludes halogenated alkanes) is 1. The third kappa shape index (κ3) is 3.39. The molecule has 0 bridgehead atoms. The maximum absolute atomic E-state index is 10.2. The highest BCUT2D eigenvalue weighted by Crippen LogP contribution is 2.30. The van der Waals surface area contributed by atoms with Gasteiger partial charge in [0, 0.05) is 20.1 Å². The monoisotopic (exact) mass is 200 g/mol. The lowest BCUT2D eigenvalue weighted by Crippen LogP contribution is -2.40. The molecule has 1 aliphatic rings. The van der Waals surface area contributed by atoms with E-state index in [0.717, 1.165) is 38.6 Å². The van der Waals surface area contributed by atoms with E-state index in [0.29, 0.717) is 13.0 Å². The van der Waals surface area contributed by atoms with E-state index in [-0.39, 0.29) is 5.60 Å². The standard InChI is InChI=1S/C11H20O3/c1-13-10-11(6-2-4-8-12)7-3-5-9-14-11/h8H,2-7,9-10H2,1H3. The summed E-state index contributed by atoms with van der Waals surface area (Å²) in [5.74, 6) is 0. The van der Waals surface area contributed by atoms with Crippen LogP contribution in [-0.4, -0.2) is 32.2 Å². The number of carbonyl (C=O) groups excluding carboxylic acids is 1. The van der Waals surface area contributed by atoms with Gasteiger partial charge in [0.15, 0.2) is 0 Å². The van der Waals surface area contributed by atoms with E-state index in [1.54, 1.807) is 7.11 Å². The number of ether oxygens (including phenoxy) is 2. The first-order chi connectivity index (χ1) is 6.83. The maximum Gasteiger partial charge on any atom is 0.119 e. The minimum absolute atomic E-state index is 0.101. The van der Waals surface area contributed by atoms with Gasteiger partial charge in [0.25, 0.3) is 0 Å². The molecule has 0 saturated carbocycles. The van der Waals surface area contributed by atoms with Crippen molar-refractivity contribution in [2.24, 2.45) is 0 Å². The molecule has 3 nitrogen and oxygen atoms in total. The van der Waals surface area contributed by atoms with Crippen LogP contribution in [0, 0.1) is 0 Å². The minimum atomic E-state index is -0.101. The molecule has 0 N–H and O–H groups in total. The van der Waals surface area contributed by atoms with Crippen LogP contribution < -0.4 is 0 Å². The van der Waals surface area contributed by atoms with Crippen LogP contribution in [-0.2, 0) is 14.3 Å². The Kier molecular flexibility index (Phi) is 5.12. The molecule has 1 rings (SSSR count). The average molecular weight is 200 g/mol. The Balaban J connectivity index is 2.38. The Morgan fingerprint density at radius 3 is 2.93 bits per heavy atom. The third-order valence-electron chi connectivity index (χ3n) is 2.80. The number of hydrogen-bond donors (Lipinski definition) is 0. The van der Waals surface area contributed by atoms with Gasteiger partial charge in [0.1, 0.15) is 6.29 Å². The van der Waals surface area contributed by atoms with Crippen LogP contribution in [0.5, 0.6) is 0 Å². The van der Waals surface area contributed by atoms with Gasteiger partial charge in [-0.1, -0.05) is 0 Å². The molecule has 1 unspecified atom stereocenters. The highest BCUT2D eigenvalue weighted by molar-refractivity contribution is 5.48. The van der Waals surface area contributed by atoms with E-state index < -0.39 is 0 Å². The smallest absolute Gasteiger partial charge is 0.119 e. The molecule has 0 radical (unpaired) electrons. The van der Waals surface area contributed by atoms with Crippen molar-refractivity contribution >= 4 is 6.29 Å². The van der Waals surface area contributed by atoms with Gasteiger partial charge in [-0.25, -0.2) is 0 Å².